The molecule has 0 amide bonds. The average molecular weight is 266 g/mol. The smallest absolute Gasteiger partial charge is 0.276 e. The molecule has 5 heteroatoms. The lowest BCUT2D eigenvalue weighted by molar-refractivity contribution is -0.385. The molecule has 0 atom stereocenters. The van der Waals surface area contributed by atoms with Crippen LogP contribution in [0.2, 0.25) is 0 Å². The lowest BCUT2D eigenvalue weighted by atomic mass is 10.1. The van der Waals surface area contributed by atoms with Gasteiger partial charge in [-0.3, -0.25) is 10.1 Å². The van der Waals surface area contributed by atoms with Crippen LogP contribution in [0.3, 0.4) is 0 Å². The van der Waals surface area contributed by atoms with E-state index in [0.29, 0.717) is 17.9 Å². The minimum Gasteiger partial charge on any atom is -0.493 e. The van der Waals surface area contributed by atoms with Crippen molar-refractivity contribution in [1.82, 2.24) is 5.32 Å². The first kappa shape index (κ1) is 15.4. The normalized spacial score (nSPS) is 10.5. The Labute approximate surface area is 114 Å². The Bertz CT molecular complexity index is 433. The highest BCUT2D eigenvalue weighted by Gasteiger charge is 2.14. The number of benzene rings is 1. The average Bonchev–Trinajstić information content (AvgIpc) is 2.35. The summed E-state index contributed by atoms with van der Waals surface area (Å²) >= 11 is 0. The summed E-state index contributed by atoms with van der Waals surface area (Å²) in [5.74, 6) is 0.604. The third kappa shape index (κ3) is 4.87. The number of nitrogens with one attached hydrogen (secondary N) is 1. The molecule has 0 spiro atoms. The summed E-state index contributed by atoms with van der Waals surface area (Å²) < 4.78 is 5.62. The van der Waals surface area contributed by atoms with E-state index in [4.69, 9.17) is 4.74 Å². The maximum absolute atomic E-state index is 10.9. The first-order chi connectivity index (χ1) is 9.06. The Morgan fingerprint density at radius 3 is 2.63 bits per heavy atom. The van der Waals surface area contributed by atoms with Crippen LogP contribution in [0.15, 0.2) is 12.1 Å². The first-order valence-electron chi connectivity index (χ1n) is 6.65. The van der Waals surface area contributed by atoms with E-state index < -0.39 is 0 Å². The number of nitrogens with zero attached hydrogens (tertiary/aromatic N) is 1. The van der Waals surface area contributed by atoms with Crippen molar-refractivity contribution in [3.05, 3.63) is 33.4 Å². The summed E-state index contributed by atoms with van der Waals surface area (Å²) in [6.07, 6.45) is 2.01. The van der Waals surface area contributed by atoms with Crippen LogP contribution in [0.1, 0.15) is 30.9 Å². The molecule has 0 saturated carbocycles. The topological polar surface area (TPSA) is 64.4 Å². The zero-order valence-electron chi connectivity index (χ0n) is 11.9. The van der Waals surface area contributed by atoms with Crippen LogP contribution in [0.5, 0.6) is 5.75 Å². The number of nitro benzene ring substituents is 1. The molecule has 0 saturated heterocycles. The molecule has 5 nitrogen and oxygen atoms in total. The van der Waals surface area contributed by atoms with Crippen molar-refractivity contribution in [2.24, 2.45) is 0 Å². The van der Waals surface area contributed by atoms with Crippen LogP contribution in [-0.2, 0) is 0 Å². The Morgan fingerprint density at radius 1 is 1.26 bits per heavy atom. The molecule has 0 aliphatic carbocycles. The third-order valence-corrected chi connectivity index (χ3v) is 2.87. The van der Waals surface area contributed by atoms with Crippen molar-refractivity contribution < 1.29 is 9.66 Å². The van der Waals surface area contributed by atoms with E-state index in [0.717, 1.165) is 31.5 Å². The van der Waals surface area contributed by atoms with Gasteiger partial charge >= 0.3 is 0 Å². The van der Waals surface area contributed by atoms with Gasteiger partial charge in [-0.1, -0.05) is 6.92 Å². The molecular formula is C14H22N2O3. The minimum atomic E-state index is -0.371. The van der Waals surface area contributed by atoms with Crippen molar-refractivity contribution in [3.63, 3.8) is 0 Å². The van der Waals surface area contributed by atoms with Crippen LogP contribution >= 0.6 is 0 Å². The fraction of sp³-hybridized carbons (Fsp3) is 0.571. The van der Waals surface area contributed by atoms with E-state index >= 15 is 0 Å². The van der Waals surface area contributed by atoms with Crippen molar-refractivity contribution in [2.45, 2.75) is 33.6 Å². The Morgan fingerprint density at radius 2 is 2.00 bits per heavy atom. The van der Waals surface area contributed by atoms with Gasteiger partial charge in [0.1, 0.15) is 5.75 Å². The summed E-state index contributed by atoms with van der Waals surface area (Å²) in [7, 11) is 0. The monoisotopic (exact) mass is 266 g/mol. The van der Waals surface area contributed by atoms with E-state index in [1.54, 1.807) is 13.0 Å². The minimum absolute atomic E-state index is 0.115. The van der Waals surface area contributed by atoms with Crippen LogP contribution in [0.4, 0.5) is 5.69 Å². The van der Waals surface area contributed by atoms with Gasteiger partial charge in [0.15, 0.2) is 0 Å². The lowest BCUT2D eigenvalue weighted by Gasteiger charge is -2.10. The third-order valence-electron chi connectivity index (χ3n) is 2.87. The quantitative estimate of drug-likeness (QED) is 0.446. The fourth-order valence-corrected chi connectivity index (χ4v) is 1.85. The van der Waals surface area contributed by atoms with Crippen LogP contribution in [0, 0.1) is 24.0 Å². The van der Waals surface area contributed by atoms with Gasteiger partial charge in [-0.25, -0.2) is 0 Å². The molecule has 1 aromatic rings. The maximum Gasteiger partial charge on any atom is 0.276 e. The summed E-state index contributed by atoms with van der Waals surface area (Å²) in [5, 5.41) is 14.2. The standard InChI is InChI=1S/C14H22N2O3/c1-4-6-15-7-5-8-19-14-10-13(16(17)18)11(2)9-12(14)3/h9-10,15H,4-8H2,1-3H3. The van der Waals surface area contributed by atoms with Gasteiger partial charge in [0.2, 0.25) is 0 Å². The van der Waals surface area contributed by atoms with Gasteiger partial charge in [-0.05, 0) is 51.4 Å². The predicted octanol–water partition coefficient (Wildman–Crippen LogP) is 2.98. The van der Waals surface area contributed by atoms with Crippen molar-refractivity contribution in [2.75, 3.05) is 19.7 Å². The molecule has 106 valence electrons. The number of ether oxygens (including phenoxy) is 1. The molecule has 0 fully saturated rings. The van der Waals surface area contributed by atoms with Gasteiger partial charge in [0.25, 0.3) is 5.69 Å². The van der Waals surface area contributed by atoms with E-state index in [-0.39, 0.29) is 10.6 Å². The van der Waals surface area contributed by atoms with Crippen molar-refractivity contribution in [3.8, 4) is 5.75 Å². The molecule has 0 radical (unpaired) electrons. The summed E-state index contributed by atoms with van der Waals surface area (Å²) in [6.45, 7) is 8.25. The first-order valence-corrected chi connectivity index (χ1v) is 6.65. The highest BCUT2D eigenvalue weighted by molar-refractivity contribution is 5.49. The number of hydrogen-bond acceptors (Lipinski definition) is 4. The van der Waals surface area contributed by atoms with Crippen LogP contribution in [-0.4, -0.2) is 24.6 Å². The molecule has 1 aromatic carbocycles. The molecule has 1 rings (SSSR count). The number of rotatable bonds is 8. The maximum atomic E-state index is 10.9. The molecule has 0 heterocycles. The summed E-state index contributed by atoms with van der Waals surface area (Å²) in [6, 6.07) is 3.31. The van der Waals surface area contributed by atoms with Crippen LogP contribution < -0.4 is 10.1 Å². The number of aryl methyl sites for hydroxylation is 2. The number of hydrogen-bond donors (Lipinski definition) is 1. The highest BCUT2D eigenvalue weighted by atomic mass is 16.6. The second-order valence-electron chi connectivity index (χ2n) is 4.61. The van der Waals surface area contributed by atoms with E-state index in [2.05, 4.69) is 12.2 Å². The largest absolute Gasteiger partial charge is 0.493 e. The molecule has 0 aliphatic heterocycles. The molecule has 0 aliphatic rings. The van der Waals surface area contributed by atoms with E-state index in [1.807, 2.05) is 6.92 Å². The molecular weight excluding hydrogens is 244 g/mol. The zero-order chi connectivity index (χ0) is 14.3. The summed E-state index contributed by atoms with van der Waals surface area (Å²) in [5.41, 5.74) is 1.72. The van der Waals surface area contributed by atoms with Gasteiger partial charge in [0.05, 0.1) is 17.6 Å². The fourth-order valence-electron chi connectivity index (χ4n) is 1.85. The van der Waals surface area contributed by atoms with Gasteiger partial charge < -0.3 is 10.1 Å². The molecule has 19 heavy (non-hydrogen) atoms. The second-order valence-corrected chi connectivity index (χ2v) is 4.61. The molecule has 0 aromatic heterocycles. The second kappa shape index (κ2) is 7.74. The van der Waals surface area contributed by atoms with Crippen LogP contribution in [0.25, 0.3) is 0 Å². The Balaban J connectivity index is 2.53. The lowest BCUT2D eigenvalue weighted by Crippen LogP contribution is -2.18. The van der Waals surface area contributed by atoms with Gasteiger partial charge in [0, 0.05) is 5.56 Å². The predicted molar refractivity (Wildman–Crippen MR) is 75.8 cm³/mol. The van der Waals surface area contributed by atoms with Gasteiger partial charge in [-0.2, -0.15) is 0 Å². The SMILES string of the molecule is CCCNCCCOc1cc([N+](=O)[O-])c(C)cc1C. The molecule has 0 unspecified atom stereocenters. The Kier molecular flexibility index (Phi) is 6.29. The van der Waals surface area contributed by atoms with E-state index in [9.17, 15) is 10.1 Å². The van der Waals surface area contributed by atoms with Crippen molar-refractivity contribution in [1.29, 1.82) is 0 Å². The summed E-state index contributed by atoms with van der Waals surface area (Å²) in [4.78, 5) is 10.5. The van der Waals surface area contributed by atoms with Gasteiger partial charge in [-0.15, -0.1) is 0 Å². The number of nitro groups is 1. The Hall–Kier alpha value is -1.62. The van der Waals surface area contributed by atoms with Crippen molar-refractivity contribution >= 4 is 5.69 Å². The highest BCUT2D eigenvalue weighted by Crippen LogP contribution is 2.28. The van der Waals surface area contributed by atoms with E-state index in [1.165, 1.54) is 6.07 Å². The molecule has 0 bridgehead atoms. The molecule has 1 N–H and O–H groups in total. The zero-order valence-corrected chi connectivity index (χ0v) is 11.9.